The molecule has 27 heavy (non-hydrogen) atoms. The van der Waals surface area contributed by atoms with Crippen LogP contribution < -0.4 is 10.6 Å². The summed E-state index contributed by atoms with van der Waals surface area (Å²) < 4.78 is 0. The quantitative estimate of drug-likeness (QED) is 0.684. The normalized spacial score (nSPS) is 15.9. The third kappa shape index (κ3) is 3.82. The zero-order chi connectivity index (χ0) is 18.8. The van der Waals surface area contributed by atoms with E-state index in [2.05, 4.69) is 27.5 Å². The predicted molar refractivity (Wildman–Crippen MR) is 108 cm³/mol. The molecule has 1 atom stereocenters. The monoisotopic (exact) mass is 358 g/mol. The second-order valence-corrected chi connectivity index (χ2v) is 7.14. The number of rotatable bonds is 4. The number of aromatic nitrogens is 2. The minimum atomic E-state index is 0.101. The van der Waals surface area contributed by atoms with Crippen molar-refractivity contribution in [3.63, 3.8) is 0 Å². The zero-order valence-electron chi connectivity index (χ0n) is 15.5. The molecule has 0 bridgehead atoms. The topological polar surface area (TPSA) is 66.9 Å². The maximum atomic E-state index is 12.7. The van der Waals surface area contributed by atoms with Gasteiger partial charge in [0.15, 0.2) is 5.78 Å². The van der Waals surface area contributed by atoms with Gasteiger partial charge in [0, 0.05) is 17.8 Å². The Balaban J connectivity index is 1.75. The molecule has 2 aromatic carbocycles. The Morgan fingerprint density at radius 3 is 2.48 bits per heavy atom. The van der Waals surface area contributed by atoms with Gasteiger partial charge in [0.05, 0.1) is 11.3 Å². The van der Waals surface area contributed by atoms with Crippen molar-refractivity contribution >= 4 is 28.9 Å². The van der Waals surface area contributed by atoms with Crippen LogP contribution in [-0.2, 0) is 6.42 Å². The van der Waals surface area contributed by atoms with Crippen molar-refractivity contribution in [3.05, 3.63) is 71.4 Å². The second kappa shape index (κ2) is 7.19. The molecule has 0 saturated carbocycles. The van der Waals surface area contributed by atoms with Gasteiger partial charge in [-0.25, -0.2) is 4.98 Å². The fourth-order valence-corrected chi connectivity index (χ4v) is 3.43. The molecule has 5 heteroatoms. The summed E-state index contributed by atoms with van der Waals surface area (Å²) in [7, 11) is 0. The van der Waals surface area contributed by atoms with Gasteiger partial charge in [0.2, 0.25) is 5.95 Å². The molecule has 0 spiro atoms. The molecule has 0 amide bonds. The molecule has 5 nitrogen and oxygen atoms in total. The number of benzene rings is 2. The molecule has 0 saturated heterocycles. The first-order valence-corrected chi connectivity index (χ1v) is 9.18. The van der Waals surface area contributed by atoms with Crippen molar-refractivity contribution < 1.29 is 4.79 Å². The van der Waals surface area contributed by atoms with Crippen molar-refractivity contribution in [2.24, 2.45) is 5.92 Å². The predicted octanol–water partition coefficient (Wildman–Crippen LogP) is 5.04. The minimum Gasteiger partial charge on any atom is -0.339 e. The lowest BCUT2D eigenvalue weighted by Crippen LogP contribution is -2.22. The Hall–Kier alpha value is -3.21. The molecule has 1 aliphatic rings. The molecule has 0 fully saturated rings. The summed E-state index contributed by atoms with van der Waals surface area (Å²) in [5.74, 6) is 1.46. The van der Waals surface area contributed by atoms with Gasteiger partial charge in [-0.3, -0.25) is 4.79 Å². The van der Waals surface area contributed by atoms with Crippen LogP contribution in [0.5, 0.6) is 0 Å². The number of carbonyl (C=O) groups excluding carboxylic acids is 1. The Morgan fingerprint density at radius 1 is 0.926 bits per heavy atom. The molecular formula is C22H22N4O. The maximum absolute atomic E-state index is 12.7. The van der Waals surface area contributed by atoms with E-state index in [1.165, 1.54) is 0 Å². The number of nitrogens with one attached hydrogen (secondary N) is 2. The van der Waals surface area contributed by atoms with Gasteiger partial charge in [-0.15, -0.1) is 0 Å². The molecule has 0 radical (unpaired) electrons. The molecular weight excluding hydrogens is 336 g/mol. The van der Waals surface area contributed by atoms with E-state index in [1.54, 1.807) is 0 Å². The summed E-state index contributed by atoms with van der Waals surface area (Å²) in [6.07, 6.45) is 1.31. The maximum Gasteiger partial charge on any atom is 0.229 e. The van der Waals surface area contributed by atoms with Crippen molar-refractivity contribution in [1.29, 1.82) is 0 Å². The van der Waals surface area contributed by atoms with E-state index in [0.29, 0.717) is 23.8 Å². The summed E-state index contributed by atoms with van der Waals surface area (Å²) in [6, 6.07) is 17.8. The zero-order valence-corrected chi connectivity index (χ0v) is 15.5. The van der Waals surface area contributed by atoms with E-state index in [-0.39, 0.29) is 11.7 Å². The molecule has 136 valence electrons. The Kier molecular flexibility index (Phi) is 4.59. The van der Waals surface area contributed by atoms with E-state index in [4.69, 9.17) is 0 Å². The SMILES string of the molecule is Cc1cccc(Nc2nc3c(c(Nc4ccccc4)n2)C(=O)CC(C)C3)c1. The van der Waals surface area contributed by atoms with Crippen molar-refractivity contribution in [2.75, 3.05) is 10.6 Å². The summed E-state index contributed by atoms with van der Waals surface area (Å²) in [4.78, 5) is 22.0. The average molecular weight is 358 g/mol. The van der Waals surface area contributed by atoms with Crippen LogP contribution >= 0.6 is 0 Å². The third-order valence-electron chi connectivity index (χ3n) is 4.65. The van der Waals surface area contributed by atoms with Crippen LogP contribution in [0.2, 0.25) is 0 Å². The number of para-hydroxylation sites is 1. The Morgan fingerprint density at radius 2 is 1.70 bits per heavy atom. The largest absolute Gasteiger partial charge is 0.339 e. The van der Waals surface area contributed by atoms with E-state index in [9.17, 15) is 4.79 Å². The first-order chi connectivity index (χ1) is 13.1. The molecule has 1 unspecified atom stereocenters. The minimum absolute atomic E-state index is 0.101. The van der Waals surface area contributed by atoms with Crippen LogP contribution in [0, 0.1) is 12.8 Å². The van der Waals surface area contributed by atoms with E-state index in [0.717, 1.165) is 29.1 Å². The third-order valence-corrected chi connectivity index (χ3v) is 4.65. The highest BCUT2D eigenvalue weighted by molar-refractivity contribution is 6.03. The van der Waals surface area contributed by atoms with Gasteiger partial charge in [-0.1, -0.05) is 37.3 Å². The lowest BCUT2D eigenvalue weighted by atomic mass is 9.87. The molecule has 4 rings (SSSR count). The van der Waals surface area contributed by atoms with Crippen molar-refractivity contribution in [3.8, 4) is 0 Å². The highest BCUT2D eigenvalue weighted by Crippen LogP contribution is 2.31. The molecule has 1 aromatic heterocycles. The molecule has 1 aliphatic carbocycles. The number of hydrogen-bond donors (Lipinski definition) is 2. The Bertz CT molecular complexity index is 985. The lowest BCUT2D eigenvalue weighted by Gasteiger charge is -2.23. The van der Waals surface area contributed by atoms with Crippen LogP contribution in [0.1, 0.15) is 35.0 Å². The summed E-state index contributed by atoms with van der Waals surface area (Å²) in [5, 5.41) is 6.58. The van der Waals surface area contributed by atoms with Gasteiger partial charge in [-0.2, -0.15) is 4.98 Å². The van der Waals surface area contributed by atoms with Crippen molar-refractivity contribution in [2.45, 2.75) is 26.7 Å². The molecule has 0 aliphatic heterocycles. The van der Waals surface area contributed by atoms with Crippen molar-refractivity contribution in [1.82, 2.24) is 9.97 Å². The van der Waals surface area contributed by atoms with Gasteiger partial charge in [-0.05, 0) is 49.1 Å². The number of Topliss-reactive ketones (excluding diaryl/α,β-unsaturated/α-hetero) is 1. The van der Waals surface area contributed by atoms with E-state index >= 15 is 0 Å². The van der Waals surface area contributed by atoms with E-state index in [1.807, 2.05) is 61.5 Å². The van der Waals surface area contributed by atoms with Gasteiger partial charge >= 0.3 is 0 Å². The number of nitrogens with zero attached hydrogens (tertiary/aromatic N) is 2. The number of ketones is 1. The number of aryl methyl sites for hydroxylation is 1. The second-order valence-electron chi connectivity index (χ2n) is 7.14. The number of hydrogen-bond acceptors (Lipinski definition) is 5. The van der Waals surface area contributed by atoms with Gasteiger partial charge in [0.25, 0.3) is 0 Å². The van der Waals surface area contributed by atoms with Crippen LogP contribution in [-0.4, -0.2) is 15.8 Å². The Labute approximate surface area is 158 Å². The fourth-order valence-electron chi connectivity index (χ4n) is 3.43. The van der Waals surface area contributed by atoms with Crippen LogP contribution in [0.4, 0.5) is 23.1 Å². The highest BCUT2D eigenvalue weighted by Gasteiger charge is 2.28. The summed E-state index contributed by atoms with van der Waals surface area (Å²) in [6.45, 7) is 4.13. The van der Waals surface area contributed by atoms with Gasteiger partial charge in [0.1, 0.15) is 5.82 Å². The summed E-state index contributed by atoms with van der Waals surface area (Å²) in [5.41, 5.74) is 4.40. The summed E-state index contributed by atoms with van der Waals surface area (Å²) >= 11 is 0. The molecule has 3 aromatic rings. The smallest absolute Gasteiger partial charge is 0.229 e. The molecule has 2 N–H and O–H groups in total. The fraction of sp³-hybridized carbons (Fsp3) is 0.227. The van der Waals surface area contributed by atoms with Crippen LogP contribution in [0.3, 0.4) is 0 Å². The number of anilines is 4. The lowest BCUT2D eigenvalue weighted by molar-refractivity contribution is 0.0953. The number of fused-ring (bicyclic) bond motifs is 1. The van der Waals surface area contributed by atoms with E-state index < -0.39 is 0 Å². The van der Waals surface area contributed by atoms with Gasteiger partial charge < -0.3 is 10.6 Å². The first-order valence-electron chi connectivity index (χ1n) is 9.18. The van der Waals surface area contributed by atoms with Crippen LogP contribution in [0.15, 0.2) is 54.6 Å². The van der Waals surface area contributed by atoms with Crippen LogP contribution in [0.25, 0.3) is 0 Å². The first kappa shape index (κ1) is 17.2. The number of carbonyl (C=O) groups is 1. The highest BCUT2D eigenvalue weighted by atomic mass is 16.1. The average Bonchev–Trinajstić information content (AvgIpc) is 2.62. The molecule has 1 heterocycles. The standard InChI is InChI=1S/C22H22N4O/c1-14-7-6-10-17(11-14)24-22-25-18-12-15(2)13-19(27)20(18)21(26-22)23-16-8-4-3-5-9-16/h3-11,15H,12-13H2,1-2H3,(H2,23,24,25,26).